The monoisotopic (exact) mass is 221 g/mol. The molecule has 1 atom stereocenters. The van der Waals surface area contributed by atoms with Gasteiger partial charge in [0.1, 0.15) is 0 Å². The normalized spacial score (nSPS) is 12.6. The quantitative estimate of drug-likeness (QED) is 0.826. The molecular formula is C14H23NO. The van der Waals surface area contributed by atoms with Crippen LogP contribution in [0.4, 0.5) is 5.69 Å². The van der Waals surface area contributed by atoms with Crippen molar-refractivity contribution in [2.75, 3.05) is 11.4 Å². The van der Waals surface area contributed by atoms with Crippen LogP contribution in [0.15, 0.2) is 18.2 Å². The van der Waals surface area contributed by atoms with Gasteiger partial charge in [0.15, 0.2) is 0 Å². The van der Waals surface area contributed by atoms with E-state index in [4.69, 9.17) is 5.11 Å². The second kappa shape index (κ2) is 5.90. The Balaban J connectivity index is 2.98. The number of hydrogen-bond acceptors (Lipinski definition) is 2. The molecule has 0 aliphatic heterocycles. The Morgan fingerprint density at radius 1 is 1.31 bits per heavy atom. The van der Waals surface area contributed by atoms with Crippen LogP contribution < -0.4 is 4.90 Å². The second-order valence-corrected chi connectivity index (χ2v) is 4.31. The van der Waals surface area contributed by atoms with Crippen LogP contribution in [0.2, 0.25) is 0 Å². The van der Waals surface area contributed by atoms with Gasteiger partial charge in [-0.1, -0.05) is 13.0 Å². The third kappa shape index (κ3) is 2.76. The van der Waals surface area contributed by atoms with E-state index in [1.807, 2.05) is 6.07 Å². The van der Waals surface area contributed by atoms with Crippen molar-refractivity contribution in [1.82, 2.24) is 0 Å². The molecule has 1 rings (SSSR count). The molecule has 2 heteroatoms. The van der Waals surface area contributed by atoms with E-state index < -0.39 is 0 Å². The molecule has 0 amide bonds. The largest absolute Gasteiger partial charge is 0.392 e. The Kier molecular flexibility index (Phi) is 4.81. The Hall–Kier alpha value is -1.02. The van der Waals surface area contributed by atoms with Crippen molar-refractivity contribution in [3.63, 3.8) is 0 Å². The van der Waals surface area contributed by atoms with E-state index in [-0.39, 0.29) is 6.61 Å². The molecule has 0 aliphatic rings. The number of aryl methyl sites for hydroxylation is 1. The van der Waals surface area contributed by atoms with Gasteiger partial charge in [0.05, 0.1) is 6.61 Å². The maximum absolute atomic E-state index is 9.15. The minimum absolute atomic E-state index is 0.127. The molecule has 1 aromatic carbocycles. The highest BCUT2D eigenvalue weighted by Gasteiger charge is 2.11. The molecule has 0 saturated heterocycles. The molecule has 0 radical (unpaired) electrons. The second-order valence-electron chi connectivity index (χ2n) is 4.31. The SMILES string of the molecule is CCC(C)N(CC)c1ccc(CO)c(C)c1. The first-order valence-corrected chi connectivity index (χ1v) is 6.11. The zero-order chi connectivity index (χ0) is 12.1. The van der Waals surface area contributed by atoms with Crippen LogP contribution in [-0.4, -0.2) is 17.7 Å². The smallest absolute Gasteiger partial charge is 0.0684 e. The molecule has 0 aromatic heterocycles. The average molecular weight is 221 g/mol. The molecule has 2 nitrogen and oxygen atoms in total. The summed E-state index contributed by atoms with van der Waals surface area (Å²) in [6, 6.07) is 6.86. The van der Waals surface area contributed by atoms with Crippen molar-refractivity contribution in [3.05, 3.63) is 29.3 Å². The lowest BCUT2D eigenvalue weighted by Gasteiger charge is -2.30. The third-order valence-corrected chi connectivity index (χ3v) is 3.29. The van der Waals surface area contributed by atoms with Gasteiger partial charge < -0.3 is 10.0 Å². The van der Waals surface area contributed by atoms with E-state index in [1.165, 1.54) is 11.3 Å². The van der Waals surface area contributed by atoms with E-state index in [9.17, 15) is 0 Å². The molecular weight excluding hydrogens is 198 g/mol. The molecule has 0 bridgehead atoms. The van der Waals surface area contributed by atoms with Gasteiger partial charge in [-0.15, -0.1) is 0 Å². The first kappa shape index (κ1) is 13.0. The van der Waals surface area contributed by atoms with Gasteiger partial charge in [0, 0.05) is 18.3 Å². The lowest BCUT2D eigenvalue weighted by atomic mass is 10.1. The van der Waals surface area contributed by atoms with E-state index in [1.54, 1.807) is 0 Å². The molecule has 0 aliphatic carbocycles. The number of aliphatic hydroxyl groups excluding tert-OH is 1. The van der Waals surface area contributed by atoms with E-state index in [0.29, 0.717) is 6.04 Å². The Bertz CT molecular complexity index is 336. The highest BCUT2D eigenvalue weighted by molar-refractivity contribution is 5.51. The van der Waals surface area contributed by atoms with Crippen LogP contribution >= 0.6 is 0 Å². The van der Waals surface area contributed by atoms with E-state index in [0.717, 1.165) is 18.5 Å². The predicted octanol–water partition coefficient (Wildman–Crippen LogP) is 3.11. The molecule has 0 spiro atoms. The van der Waals surface area contributed by atoms with Crippen molar-refractivity contribution < 1.29 is 5.11 Å². The third-order valence-electron chi connectivity index (χ3n) is 3.29. The van der Waals surface area contributed by atoms with Gasteiger partial charge in [0.25, 0.3) is 0 Å². The fourth-order valence-electron chi connectivity index (χ4n) is 2.01. The first-order valence-electron chi connectivity index (χ1n) is 6.11. The van der Waals surface area contributed by atoms with E-state index >= 15 is 0 Å². The summed E-state index contributed by atoms with van der Waals surface area (Å²) < 4.78 is 0. The number of rotatable bonds is 5. The molecule has 1 unspecified atom stereocenters. The maximum Gasteiger partial charge on any atom is 0.0684 e. The minimum Gasteiger partial charge on any atom is -0.392 e. The van der Waals surface area contributed by atoms with Gasteiger partial charge in [-0.05, 0) is 50.5 Å². The van der Waals surface area contributed by atoms with Crippen LogP contribution in [0.25, 0.3) is 0 Å². The number of benzene rings is 1. The summed E-state index contributed by atoms with van der Waals surface area (Å²) in [5.41, 5.74) is 3.44. The predicted molar refractivity (Wildman–Crippen MR) is 69.9 cm³/mol. The fraction of sp³-hybridized carbons (Fsp3) is 0.571. The number of aliphatic hydroxyl groups is 1. The highest BCUT2D eigenvalue weighted by Crippen LogP contribution is 2.22. The summed E-state index contributed by atoms with van der Waals surface area (Å²) in [6.07, 6.45) is 1.15. The lowest BCUT2D eigenvalue weighted by molar-refractivity contribution is 0.281. The van der Waals surface area contributed by atoms with E-state index in [2.05, 4.69) is 44.7 Å². The zero-order valence-electron chi connectivity index (χ0n) is 10.8. The van der Waals surface area contributed by atoms with Crippen LogP contribution in [0.3, 0.4) is 0 Å². The first-order chi connectivity index (χ1) is 7.63. The summed E-state index contributed by atoms with van der Waals surface area (Å²) in [5, 5.41) is 9.15. The minimum atomic E-state index is 0.127. The lowest BCUT2D eigenvalue weighted by Crippen LogP contribution is -2.32. The van der Waals surface area contributed by atoms with Gasteiger partial charge >= 0.3 is 0 Å². The summed E-state index contributed by atoms with van der Waals surface area (Å²) >= 11 is 0. The molecule has 0 fully saturated rings. The molecule has 90 valence electrons. The number of anilines is 1. The van der Waals surface area contributed by atoms with Crippen molar-refractivity contribution in [3.8, 4) is 0 Å². The van der Waals surface area contributed by atoms with Gasteiger partial charge in [-0.25, -0.2) is 0 Å². The molecule has 0 saturated carbocycles. The topological polar surface area (TPSA) is 23.5 Å². The van der Waals surface area contributed by atoms with Crippen LogP contribution in [0, 0.1) is 6.92 Å². The van der Waals surface area contributed by atoms with Crippen molar-refractivity contribution in [1.29, 1.82) is 0 Å². The fourth-order valence-corrected chi connectivity index (χ4v) is 2.01. The maximum atomic E-state index is 9.15. The molecule has 0 heterocycles. The molecule has 16 heavy (non-hydrogen) atoms. The number of hydrogen-bond donors (Lipinski definition) is 1. The molecule has 1 aromatic rings. The van der Waals surface area contributed by atoms with Crippen LogP contribution in [0.1, 0.15) is 38.3 Å². The van der Waals surface area contributed by atoms with Crippen molar-refractivity contribution in [2.24, 2.45) is 0 Å². The summed E-state index contributed by atoms with van der Waals surface area (Å²) in [5.74, 6) is 0. The summed E-state index contributed by atoms with van der Waals surface area (Å²) in [4.78, 5) is 2.40. The van der Waals surface area contributed by atoms with Crippen molar-refractivity contribution >= 4 is 5.69 Å². The highest BCUT2D eigenvalue weighted by atomic mass is 16.3. The number of nitrogens with zero attached hydrogens (tertiary/aromatic N) is 1. The van der Waals surface area contributed by atoms with Crippen LogP contribution in [0.5, 0.6) is 0 Å². The summed E-state index contributed by atoms with van der Waals surface area (Å²) in [6.45, 7) is 9.84. The average Bonchev–Trinajstić information content (AvgIpc) is 2.30. The Morgan fingerprint density at radius 2 is 2.00 bits per heavy atom. The Labute approximate surface area is 98.9 Å². The Morgan fingerprint density at radius 3 is 2.44 bits per heavy atom. The molecule has 1 N–H and O–H groups in total. The standard InChI is InChI=1S/C14H23NO/c1-5-12(4)15(6-2)14-8-7-13(10-16)11(3)9-14/h7-9,12,16H,5-6,10H2,1-4H3. The van der Waals surface area contributed by atoms with Gasteiger partial charge in [-0.3, -0.25) is 0 Å². The zero-order valence-corrected chi connectivity index (χ0v) is 10.8. The van der Waals surface area contributed by atoms with Gasteiger partial charge in [0.2, 0.25) is 0 Å². The van der Waals surface area contributed by atoms with Crippen LogP contribution in [-0.2, 0) is 6.61 Å². The van der Waals surface area contributed by atoms with Crippen molar-refractivity contribution in [2.45, 2.75) is 46.8 Å². The summed E-state index contributed by atoms with van der Waals surface area (Å²) in [7, 11) is 0. The van der Waals surface area contributed by atoms with Gasteiger partial charge in [-0.2, -0.15) is 0 Å².